The summed E-state index contributed by atoms with van der Waals surface area (Å²) in [5, 5.41) is 6.45. The Kier molecular flexibility index (Phi) is 13.5. The van der Waals surface area contributed by atoms with E-state index in [9.17, 15) is 18.8 Å². The number of benzene rings is 3. The topological polar surface area (TPSA) is 109 Å². The molecule has 0 spiro atoms. The van der Waals surface area contributed by atoms with Crippen LogP contribution in [0.1, 0.15) is 50.8 Å². The van der Waals surface area contributed by atoms with E-state index >= 15 is 0 Å². The van der Waals surface area contributed by atoms with Gasteiger partial charge in [0.15, 0.2) is 23.1 Å². The van der Waals surface area contributed by atoms with Gasteiger partial charge in [-0.15, -0.1) is 0 Å². The van der Waals surface area contributed by atoms with Crippen LogP contribution in [-0.2, 0) is 33.6 Å². The van der Waals surface area contributed by atoms with E-state index in [4.69, 9.17) is 14.2 Å². The van der Waals surface area contributed by atoms with Gasteiger partial charge in [-0.3, -0.25) is 14.4 Å². The fourth-order valence-corrected chi connectivity index (χ4v) is 6.21. The van der Waals surface area contributed by atoms with E-state index in [2.05, 4.69) is 16.7 Å². The lowest BCUT2D eigenvalue weighted by Gasteiger charge is -2.34. The molecule has 3 atom stereocenters. The Hall–Kier alpha value is -5.06. The number of halogens is 1. The van der Waals surface area contributed by atoms with Gasteiger partial charge in [0.05, 0.1) is 20.3 Å². The van der Waals surface area contributed by atoms with Gasteiger partial charge in [0.1, 0.15) is 17.8 Å². The number of rotatable bonds is 11. The molecule has 2 N–H and O–H groups in total. The molecule has 0 unspecified atom stereocenters. The van der Waals surface area contributed by atoms with Crippen LogP contribution < -0.4 is 24.8 Å². The summed E-state index contributed by atoms with van der Waals surface area (Å²) in [5.74, 6) is 0.0296. The Labute approximate surface area is 300 Å². The molecule has 0 saturated carbocycles. The molecule has 11 heteroatoms. The lowest BCUT2D eigenvalue weighted by molar-refractivity contribution is -0.142. The van der Waals surface area contributed by atoms with Crippen molar-refractivity contribution in [1.29, 1.82) is 0 Å². The molecule has 2 heterocycles. The highest BCUT2D eigenvalue weighted by Crippen LogP contribution is 2.33. The average molecular weight is 703 g/mol. The number of likely N-dealkylation sites (N-methyl/N-ethyl adjacent to an activating group) is 2. The predicted octanol–water partition coefficient (Wildman–Crippen LogP) is 5.67. The summed E-state index contributed by atoms with van der Waals surface area (Å²) in [4.78, 5) is 44.1. The Balaban J connectivity index is 1.58. The third-order valence-electron chi connectivity index (χ3n) is 9.14. The van der Waals surface area contributed by atoms with Crippen molar-refractivity contribution in [3.63, 3.8) is 0 Å². The Bertz CT molecular complexity index is 1710. The van der Waals surface area contributed by atoms with Crippen LogP contribution >= 0.6 is 0 Å². The maximum atomic E-state index is 14.6. The number of nitrogens with zero attached hydrogens (tertiary/aromatic N) is 2. The van der Waals surface area contributed by atoms with Gasteiger partial charge in [-0.2, -0.15) is 0 Å². The predicted molar refractivity (Wildman–Crippen MR) is 196 cm³/mol. The molecule has 2 aliphatic rings. The molecule has 51 heavy (non-hydrogen) atoms. The Morgan fingerprint density at radius 3 is 2.25 bits per heavy atom. The number of methoxy groups -OCH3 is 2. The number of amides is 3. The summed E-state index contributed by atoms with van der Waals surface area (Å²) in [6.07, 6.45) is 4.10. The van der Waals surface area contributed by atoms with Crippen LogP contribution in [0.2, 0.25) is 0 Å². The summed E-state index contributed by atoms with van der Waals surface area (Å²) in [6, 6.07) is 15.8. The SMILES string of the molecule is CC/C=C1\NCCc2ccc(OC)c(c2)Oc2ccc(cc2)C[C@@H]1N(C)C(=O)[C@H](C)NC(=O)[C@H](Cc1ccc(OC)c(F)c1)N(C)C(=O)C(C)C. The minimum Gasteiger partial charge on any atom is -0.494 e. The first-order chi connectivity index (χ1) is 24.4. The summed E-state index contributed by atoms with van der Waals surface area (Å²) in [6.45, 7) is 7.80. The zero-order valence-electron chi connectivity index (χ0n) is 30.9. The zero-order valence-corrected chi connectivity index (χ0v) is 30.9. The van der Waals surface area contributed by atoms with Crippen molar-refractivity contribution in [2.75, 3.05) is 34.9 Å². The van der Waals surface area contributed by atoms with Crippen LogP contribution in [-0.4, -0.2) is 80.5 Å². The third kappa shape index (κ3) is 9.80. The third-order valence-corrected chi connectivity index (χ3v) is 9.14. The first-order valence-electron chi connectivity index (χ1n) is 17.4. The van der Waals surface area contributed by atoms with Gasteiger partial charge < -0.3 is 34.6 Å². The van der Waals surface area contributed by atoms with Gasteiger partial charge in [0.2, 0.25) is 17.7 Å². The average Bonchev–Trinajstić information content (AvgIpc) is 3.11. The fraction of sp³-hybridized carbons (Fsp3) is 0.425. The molecular weight excluding hydrogens is 651 g/mol. The largest absolute Gasteiger partial charge is 0.494 e. The van der Waals surface area contributed by atoms with E-state index < -0.39 is 23.8 Å². The summed E-state index contributed by atoms with van der Waals surface area (Å²) >= 11 is 0. The summed E-state index contributed by atoms with van der Waals surface area (Å²) in [7, 11) is 6.28. The molecule has 3 aromatic rings. The molecular formula is C40H51FN4O6. The number of hydrogen-bond donors (Lipinski definition) is 2. The van der Waals surface area contributed by atoms with Crippen molar-refractivity contribution in [2.24, 2.45) is 5.92 Å². The maximum absolute atomic E-state index is 14.6. The zero-order chi connectivity index (χ0) is 37.2. The molecule has 3 amide bonds. The number of nitrogens with one attached hydrogen (secondary N) is 2. The van der Waals surface area contributed by atoms with Crippen molar-refractivity contribution < 1.29 is 33.0 Å². The molecule has 0 fully saturated rings. The standard InChI is InChI=1S/C40H51FN4O6/c1-9-10-32-33(22-27-11-15-30(16-12-27)51-37-24-28(19-20-42-32)13-18-36(37)50-8)44(5)40(48)26(4)43-38(46)34(45(6)39(47)25(2)3)23-29-14-17-35(49-7)31(41)21-29/h10-18,21,24-26,33-34,42H,9,19-20,22-23H2,1-8H3,(H,43,46)/b32-10-/t26-,33-,34-/m0/s1. The first kappa shape index (κ1) is 38.7. The van der Waals surface area contributed by atoms with E-state index in [0.29, 0.717) is 42.2 Å². The van der Waals surface area contributed by atoms with E-state index in [1.807, 2.05) is 49.4 Å². The van der Waals surface area contributed by atoms with Crippen LogP contribution in [0.3, 0.4) is 0 Å². The molecule has 0 aliphatic carbocycles. The molecule has 2 aliphatic heterocycles. The van der Waals surface area contributed by atoms with E-state index in [1.54, 1.807) is 52.9 Å². The molecule has 5 rings (SSSR count). The lowest BCUT2D eigenvalue weighted by atomic mass is 9.99. The molecule has 274 valence electrons. The summed E-state index contributed by atoms with van der Waals surface area (Å²) < 4.78 is 31.3. The molecule has 4 bridgehead atoms. The van der Waals surface area contributed by atoms with Crippen molar-refractivity contribution in [3.05, 3.63) is 94.9 Å². The van der Waals surface area contributed by atoms with Crippen molar-refractivity contribution in [2.45, 2.75) is 71.5 Å². The number of fused-ring (bicyclic) bond motifs is 7. The quantitative estimate of drug-likeness (QED) is 0.265. The number of carbonyl (C=O) groups excluding carboxylic acids is 3. The van der Waals surface area contributed by atoms with Gasteiger partial charge in [0, 0.05) is 38.7 Å². The van der Waals surface area contributed by atoms with Crippen molar-refractivity contribution in [3.8, 4) is 23.0 Å². The fourth-order valence-electron chi connectivity index (χ4n) is 6.21. The van der Waals surface area contributed by atoms with Gasteiger partial charge in [-0.1, -0.05) is 51.1 Å². The van der Waals surface area contributed by atoms with E-state index in [0.717, 1.165) is 23.2 Å². The minimum absolute atomic E-state index is 0.0454. The highest BCUT2D eigenvalue weighted by molar-refractivity contribution is 5.92. The second-order valence-electron chi connectivity index (χ2n) is 13.2. The second kappa shape index (κ2) is 17.7. The van der Waals surface area contributed by atoms with Crippen LogP contribution in [0.15, 0.2) is 72.4 Å². The van der Waals surface area contributed by atoms with E-state index in [-0.39, 0.29) is 35.9 Å². The van der Waals surface area contributed by atoms with Crippen molar-refractivity contribution >= 4 is 17.7 Å². The lowest BCUT2D eigenvalue weighted by Crippen LogP contribution is -2.56. The van der Waals surface area contributed by atoms with Gasteiger partial charge >= 0.3 is 0 Å². The minimum atomic E-state index is -0.987. The smallest absolute Gasteiger partial charge is 0.245 e. The molecule has 10 nitrogen and oxygen atoms in total. The molecule has 0 radical (unpaired) electrons. The molecule has 3 aromatic carbocycles. The summed E-state index contributed by atoms with van der Waals surface area (Å²) in [5.41, 5.74) is 3.47. The van der Waals surface area contributed by atoms with Gasteiger partial charge in [-0.05, 0) is 79.3 Å². The molecule has 0 aromatic heterocycles. The molecule has 0 saturated heterocycles. The number of hydrogen-bond acceptors (Lipinski definition) is 7. The van der Waals surface area contributed by atoms with Crippen LogP contribution in [0.4, 0.5) is 4.39 Å². The normalized spacial score (nSPS) is 16.3. The second-order valence-corrected chi connectivity index (χ2v) is 13.2. The Morgan fingerprint density at radius 1 is 0.961 bits per heavy atom. The number of carbonyl (C=O) groups is 3. The first-order valence-corrected chi connectivity index (χ1v) is 17.4. The Morgan fingerprint density at radius 2 is 1.63 bits per heavy atom. The van der Waals surface area contributed by atoms with Crippen LogP contribution in [0, 0.1) is 11.7 Å². The highest BCUT2D eigenvalue weighted by atomic mass is 19.1. The van der Waals surface area contributed by atoms with Gasteiger partial charge in [-0.25, -0.2) is 4.39 Å². The van der Waals surface area contributed by atoms with Crippen molar-refractivity contribution in [1.82, 2.24) is 20.4 Å². The monoisotopic (exact) mass is 702 g/mol. The van der Waals surface area contributed by atoms with Crippen LogP contribution in [0.25, 0.3) is 0 Å². The number of ether oxygens (including phenoxy) is 3. The maximum Gasteiger partial charge on any atom is 0.245 e. The van der Waals surface area contributed by atoms with Crippen LogP contribution in [0.5, 0.6) is 23.0 Å². The number of allylic oxidation sites excluding steroid dienone is 1. The van der Waals surface area contributed by atoms with E-state index in [1.165, 1.54) is 24.1 Å². The van der Waals surface area contributed by atoms with Gasteiger partial charge in [0.25, 0.3) is 0 Å². The highest BCUT2D eigenvalue weighted by Gasteiger charge is 2.33.